The van der Waals surface area contributed by atoms with Crippen molar-refractivity contribution in [1.29, 1.82) is 0 Å². The van der Waals surface area contributed by atoms with Crippen molar-refractivity contribution in [2.24, 2.45) is 0 Å². The van der Waals surface area contributed by atoms with Crippen molar-refractivity contribution in [3.8, 4) is 0 Å². The maximum Gasteiger partial charge on any atom is 0.242 e. The van der Waals surface area contributed by atoms with Crippen LogP contribution in [0.3, 0.4) is 0 Å². The lowest BCUT2D eigenvalue weighted by atomic mass is 10.1. The van der Waals surface area contributed by atoms with Gasteiger partial charge < -0.3 is 10.6 Å². The summed E-state index contributed by atoms with van der Waals surface area (Å²) in [6.07, 6.45) is 4.13. The van der Waals surface area contributed by atoms with E-state index in [0.29, 0.717) is 10.8 Å². The number of anilines is 1. The molecule has 2 N–H and O–H groups in total. The number of hydrogen-bond acceptors (Lipinski definition) is 4. The first-order valence-corrected chi connectivity index (χ1v) is 6.14. The first-order chi connectivity index (χ1) is 8.16. The summed E-state index contributed by atoms with van der Waals surface area (Å²) in [5.41, 5.74) is 0. The highest BCUT2D eigenvalue weighted by Gasteiger charge is 2.21. The second-order valence-electron chi connectivity index (χ2n) is 3.82. The predicted molar refractivity (Wildman–Crippen MR) is 66.3 cm³/mol. The minimum atomic E-state index is -0.319. The number of halogens is 2. The minimum absolute atomic E-state index is 0.0340. The fourth-order valence-electron chi connectivity index (χ4n) is 1.69. The number of nitrogens with zero attached hydrogens (tertiary/aromatic N) is 2. The molecule has 17 heavy (non-hydrogen) atoms. The van der Waals surface area contributed by atoms with E-state index in [-0.39, 0.29) is 17.2 Å². The fourth-order valence-corrected chi connectivity index (χ4v) is 1.97. The van der Waals surface area contributed by atoms with E-state index in [9.17, 15) is 4.79 Å². The molecule has 0 spiro atoms. The lowest BCUT2D eigenvalue weighted by molar-refractivity contribution is -0.121. The standard InChI is InChI=1S/C10H12Cl2N4O/c11-6-5-14-10(12)16-8(6)15-7-3-1-2-4-13-9(7)17/h5,7H,1-4H2,(H,13,17)(H,14,15,16). The van der Waals surface area contributed by atoms with Crippen LogP contribution >= 0.6 is 23.2 Å². The van der Waals surface area contributed by atoms with Gasteiger partial charge in [-0.05, 0) is 30.9 Å². The third-order valence-corrected chi connectivity index (χ3v) is 3.02. The van der Waals surface area contributed by atoms with E-state index in [1.54, 1.807) is 0 Å². The van der Waals surface area contributed by atoms with Crippen molar-refractivity contribution in [3.05, 3.63) is 16.5 Å². The number of rotatable bonds is 2. The van der Waals surface area contributed by atoms with Gasteiger partial charge in [-0.3, -0.25) is 4.79 Å². The summed E-state index contributed by atoms with van der Waals surface area (Å²) in [6.45, 7) is 0.718. The molecule has 0 saturated carbocycles. The van der Waals surface area contributed by atoms with Crippen LogP contribution in [0, 0.1) is 0 Å². The average Bonchev–Trinajstić information content (AvgIpc) is 2.50. The summed E-state index contributed by atoms with van der Waals surface area (Å²) >= 11 is 11.6. The molecule has 1 aromatic heterocycles. The Bertz CT molecular complexity index is 427. The van der Waals surface area contributed by atoms with Crippen molar-refractivity contribution in [1.82, 2.24) is 15.3 Å². The van der Waals surface area contributed by atoms with Gasteiger partial charge in [0.1, 0.15) is 11.1 Å². The SMILES string of the molecule is O=C1NCCCCC1Nc1nc(Cl)ncc1Cl. The maximum absolute atomic E-state index is 11.7. The van der Waals surface area contributed by atoms with Crippen LogP contribution in [0.5, 0.6) is 0 Å². The molecule has 0 aromatic carbocycles. The summed E-state index contributed by atoms with van der Waals surface area (Å²) < 4.78 is 0. The number of amides is 1. The Morgan fingerprint density at radius 3 is 3.06 bits per heavy atom. The zero-order chi connectivity index (χ0) is 12.3. The van der Waals surface area contributed by atoms with Gasteiger partial charge in [0, 0.05) is 6.54 Å². The van der Waals surface area contributed by atoms with Crippen LogP contribution in [-0.2, 0) is 4.79 Å². The number of hydrogen-bond donors (Lipinski definition) is 2. The molecule has 2 rings (SSSR count). The first kappa shape index (κ1) is 12.4. The fraction of sp³-hybridized carbons (Fsp3) is 0.500. The normalized spacial score (nSPS) is 20.6. The predicted octanol–water partition coefficient (Wildman–Crippen LogP) is 1.86. The Balaban J connectivity index is 2.13. The van der Waals surface area contributed by atoms with E-state index in [2.05, 4.69) is 20.6 Å². The van der Waals surface area contributed by atoms with Crippen molar-refractivity contribution in [2.75, 3.05) is 11.9 Å². The summed E-state index contributed by atoms with van der Waals surface area (Å²) in [7, 11) is 0. The molecule has 1 aliphatic rings. The zero-order valence-electron chi connectivity index (χ0n) is 9.04. The molecule has 1 amide bonds. The third-order valence-electron chi connectivity index (χ3n) is 2.56. The van der Waals surface area contributed by atoms with E-state index in [1.165, 1.54) is 6.20 Å². The molecule has 1 unspecified atom stereocenters. The molecule has 1 fully saturated rings. The molecule has 0 bridgehead atoms. The van der Waals surface area contributed by atoms with Crippen LogP contribution in [-0.4, -0.2) is 28.5 Å². The quantitative estimate of drug-likeness (QED) is 0.808. The molecule has 0 radical (unpaired) electrons. The van der Waals surface area contributed by atoms with Crippen molar-refractivity contribution < 1.29 is 4.79 Å². The van der Waals surface area contributed by atoms with Gasteiger partial charge >= 0.3 is 0 Å². The Hall–Kier alpha value is -1.07. The summed E-state index contributed by atoms with van der Waals surface area (Å²) in [6, 6.07) is -0.319. The largest absolute Gasteiger partial charge is 0.357 e. The van der Waals surface area contributed by atoms with Gasteiger partial charge in [-0.25, -0.2) is 4.98 Å². The zero-order valence-corrected chi connectivity index (χ0v) is 10.6. The average molecular weight is 275 g/mol. The van der Waals surface area contributed by atoms with Gasteiger partial charge in [0.15, 0.2) is 5.82 Å². The van der Waals surface area contributed by atoms with Crippen molar-refractivity contribution in [3.63, 3.8) is 0 Å². The first-order valence-electron chi connectivity index (χ1n) is 5.39. The van der Waals surface area contributed by atoms with E-state index >= 15 is 0 Å². The number of carbonyl (C=O) groups is 1. The second-order valence-corrected chi connectivity index (χ2v) is 4.56. The van der Waals surface area contributed by atoms with Crippen molar-refractivity contribution in [2.45, 2.75) is 25.3 Å². The molecular weight excluding hydrogens is 263 g/mol. The molecule has 7 heteroatoms. The summed E-state index contributed by atoms with van der Waals surface area (Å²) in [5.74, 6) is 0.363. The number of nitrogens with one attached hydrogen (secondary N) is 2. The molecule has 1 atom stereocenters. The van der Waals surface area contributed by atoms with Gasteiger partial charge in [-0.2, -0.15) is 4.98 Å². The highest BCUT2D eigenvalue weighted by Crippen LogP contribution is 2.21. The molecule has 5 nitrogen and oxygen atoms in total. The van der Waals surface area contributed by atoms with Crippen LogP contribution < -0.4 is 10.6 Å². The smallest absolute Gasteiger partial charge is 0.242 e. The van der Waals surface area contributed by atoms with Gasteiger partial charge in [0.05, 0.1) is 6.20 Å². The molecule has 1 aromatic rings. The van der Waals surface area contributed by atoms with Gasteiger partial charge in [0.25, 0.3) is 0 Å². The molecule has 1 saturated heterocycles. The number of carbonyl (C=O) groups excluding carboxylic acids is 1. The van der Waals surface area contributed by atoms with Crippen molar-refractivity contribution >= 4 is 34.9 Å². The molecule has 92 valence electrons. The van der Waals surface area contributed by atoms with E-state index in [4.69, 9.17) is 23.2 Å². The Kier molecular flexibility index (Phi) is 4.02. The molecular formula is C10H12Cl2N4O. The number of aromatic nitrogens is 2. The van der Waals surface area contributed by atoms with E-state index in [0.717, 1.165) is 25.8 Å². The molecule has 0 aliphatic carbocycles. The Labute approximate surface area is 109 Å². The molecule has 1 aliphatic heterocycles. The molecule has 2 heterocycles. The van der Waals surface area contributed by atoms with Gasteiger partial charge in [-0.15, -0.1) is 0 Å². The lowest BCUT2D eigenvalue weighted by Gasteiger charge is -2.16. The third kappa shape index (κ3) is 3.20. The summed E-state index contributed by atoms with van der Waals surface area (Å²) in [5, 5.41) is 6.28. The second kappa shape index (κ2) is 5.51. The lowest BCUT2D eigenvalue weighted by Crippen LogP contribution is -2.38. The monoisotopic (exact) mass is 274 g/mol. The van der Waals surface area contributed by atoms with Crippen LogP contribution in [0.25, 0.3) is 0 Å². The Morgan fingerprint density at radius 2 is 2.24 bits per heavy atom. The topological polar surface area (TPSA) is 66.9 Å². The highest BCUT2D eigenvalue weighted by atomic mass is 35.5. The minimum Gasteiger partial charge on any atom is -0.357 e. The maximum atomic E-state index is 11.7. The summed E-state index contributed by atoms with van der Waals surface area (Å²) in [4.78, 5) is 19.4. The van der Waals surface area contributed by atoms with E-state index < -0.39 is 0 Å². The van der Waals surface area contributed by atoms with Crippen LogP contribution in [0.2, 0.25) is 10.3 Å². The van der Waals surface area contributed by atoms with E-state index in [1.807, 2.05) is 0 Å². The van der Waals surface area contributed by atoms with Crippen LogP contribution in [0.1, 0.15) is 19.3 Å². The highest BCUT2D eigenvalue weighted by molar-refractivity contribution is 6.33. The van der Waals surface area contributed by atoms with Gasteiger partial charge in [-0.1, -0.05) is 11.6 Å². The Morgan fingerprint density at radius 1 is 1.41 bits per heavy atom. The van der Waals surface area contributed by atoms with Crippen LogP contribution in [0.4, 0.5) is 5.82 Å². The van der Waals surface area contributed by atoms with Gasteiger partial charge in [0.2, 0.25) is 11.2 Å². The van der Waals surface area contributed by atoms with Crippen LogP contribution in [0.15, 0.2) is 6.20 Å².